The van der Waals surface area contributed by atoms with Crippen molar-refractivity contribution in [2.45, 2.75) is 38.5 Å². The Kier molecular flexibility index (Phi) is 7.14. The van der Waals surface area contributed by atoms with Crippen LogP contribution >= 0.6 is 17.2 Å². The fourth-order valence-electron chi connectivity index (χ4n) is 4.24. The van der Waals surface area contributed by atoms with Gasteiger partial charge in [-0.3, -0.25) is 9.97 Å². The highest BCUT2D eigenvalue weighted by Crippen LogP contribution is 2.44. The lowest BCUT2D eigenvalue weighted by molar-refractivity contribution is 0.586. The minimum Gasteiger partial charge on any atom is -0.256 e. The van der Waals surface area contributed by atoms with Gasteiger partial charge in [-0.25, -0.2) is 0 Å². The first-order valence-corrected chi connectivity index (χ1v) is 13.3. The van der Waals surface area contributed by atoms with Crippen molar-refractivity contribution < 1.29 is 0 Å². The van der Waals surface area contributed by atoms with Crippen LogP contribution in [0.15, 0.2) is 91.3 Å². The molecule has 0 aliphatic heterocycles. The second-order valence-corrected chi connectivity index (χ2v) is 11.4. The van der Waals surface area contributed by atoms with Crippen molar-refractivity contribution in [3.63, 3.8) is 0 Å². The molecule has 0 aliphatic carbocycles. The Bertz CT molecular complexity index is 1120. The molecule has 2 heterocycles. The van der Waals surface area contributed by atoms with E-state index in [-0.39, 0.29) is 5.41 Å². The van der Waals surface area contributed by atoms with Gasteiger partial charge in [-0.1, -0.05) is 75.4 Å². The zero-order chi connectivity index (χ0) is 22.6. The lowest BCUT2D eigenvalue weighted by atomic mass is 9.78. The van der Waals surface area contributed by atoms with Crippen molar-refractivity contribution in [2.75, 3.05) is 0 Å². The molecule has 0 bridgehead atoms. The third kappa shape index (κ3) is 4.98. The van der Waals surface area contributed by atoms with Crippen LogP contribution < -0.4 is 10.9 Å². The summed E-state index contributed by atoms with van der Waals surface area (Å²) in [7, 11) is 2.21. The Morgan fingerprint density at radius 3 is 1.84 bits per heavy atom. The van der Waals surface area contributed by atoms with Gasteiger partial charge in [0.25, 0.3) is 0 Å². The number of nitrogens with zero attached hydrogens (tertiary/aromatic N) is 2. The molecule has 0 amide bonds. The van der Waals surface area contributed by atoms with Gasteiger partial charge in [0.1, 0.15) is 0 Å². The Hall–Kier alpha value is -2.40. The highest BCUT2D eigenvalue weighted by molar-refractivity contribution is 7.71. The molecule has 2 aromatic carbocycles. The molecule has 1 unspecified atom stereocenters. The van der Waals surface area contributed by atoms with Crippen molar-refractivity contribution >= 4 is 28.0 Å². The number of rotatable bonds is 6. The number of hydrogen-bond acceptors (Lipinski definition) is 2. The molecule has 162 valence electrons. The van der Waals surface area contributed by atoms with E-state index in [2.05, 4.69) is 96.7 Å². The van der Waals surface area contributed by atoms with Crippen molar-refractivity contribution in [3.05, 3.63) is 108 Å². The van der Waals surface area contributed by atoms with Crippen molar-refractivity contribution in [1.29, 1.82) is 0 Å². The van der Waals surface area contributed by atoms with Gasteiger partial charge in [0.15, 0.2) is 0 Å². The van der Waals surface area contributed by atoms with Gasteiger partial charge in [0.2, 0.25) is 0 Å². The lowest BCUT2D eigenvalue weighted by Gasteiger charge is -2.30. The van der Waals surface area contributed by atoms with E-state index in [9.17, 15) is 0 Å². The first kappa shape index (κ1) is 22.8. The van der Waals surface area contributed by atoms with Gasteiger partial charge in [-0.2, -0.15) is 0 Å². The summed E-state index contributed by atoms with van der Waals surface area (Å²) in [4.78, 5) is 9.53. The fraction of sp³-hybridized carbons (Fsp3) is 0.214. The maximum absolute atomic E-state index is 4.76. The number of pyridine rings is 2. The van der Waals surface area contributed by atoms with Gasteiger partial charge >= 0.3 is 0 Å². The van der Waals surface area contributed by atoms with E-state index in [1.165, 1.54) is 27.8 Å². The van der Waals surface area contributed by atoms with Crippen LogP contribution in [0.2, 0.25) is 0 Å². The SMILES string of the molecule is CC(C)(C)c1c(-c2ccccc2)ccc(CP)c1CP(c1ccccn1)c1ccccn1. The largest absolute Gasteiger partial charge is 0.256 e. The lowest BCUT2D eigenvalue weighted by Crippen LogP contribution is -2.22. The molecule has 1 atom stereocenters. The van der Waals surface area contributed by atoms with E-state index >= 15 is 0 Å². The highest BCUT2D eigenvalue weighted by atomic mass is 31.1. The minimum absolute atomic E-state index is 0.00555. The third-order valence-corrected chi connectivity index (χ3v) is 8.34. The van der Waals surface area contributed by atoms with Crippen LogP contribution in [-0.2, 0) is 17.7 Å². The highest BCUT2D eigenvalue weighted by Gasteiger charge is 2.27. The second kappa shape index (κ2) is 10.0. The normalized spacial score (nSPS) is 11.7. The van der Waals surface area contributed by atoms with Crippen LogP contribution in [0.25, 0.3) is 11.1 Å². The summed E-state index contributed by atoms with van der Waals surface area (Å²) in [5.41, 5.74) is 9.12. The summed E-state index contributed by atoms with van der Waals surface area (Å²) in [6, 6.07) is 27.8. The van der Waals surface area contributed by atoms with Crippen LogP contribution in [0, 0.1) is 0 Å². The van der Waals surface area contributed by atoms with E-state index < -0.39 is 7.92 Å². The van der Waals surface area contributed by atoms with E-state index in [0.717, 1.165) is 23.2 Å². The molecule has 2 nitrogen and oxygen atoms in total. The molecule has 2 aromatic heterocycles. The number of benzene rings is 2. The first-order chi connectivity index (χ1) is 15.5. The Balaban J connectivity index is 1.93. The van der Waals surface area contributed by atoms with Crippen LogP contribution in [0.5, 0.6) is 0 Å². The van der Waals surface area contributed by atoms with Gasteiger partial charge in [-0.05, 0) is 63.7 Å². The molecule has 0 radical (unpaired) electrons. The van der Waals surface area contributed by atoms with Crippen molar-refractivity contribution in [3.8, 4) is 11.1 Å². The Morgan fingerprint density at radius 2 is 1.34 bits per heavy atom. The number of aromatic nitrogens is 2. The van der Waals surface area contributed by atoms with Crippen LogP contribution in [0.4, 0.5) is 0 Å². The predicted octanol–water partition coefficient (Wildman–Crippen LogP) is 6.45. The summed E-state index contributed by atoms with van der Waals surface area (Å²) in [6.45, 7) is 6.98. The fourth-order valence-corrected chi connectivity index (χ4v) is 6.80. The maximum atomic E-state index is 4.76. The Labute approximate surface area is 195 Å². The van der Waals surface area contributed by atoms with E-state index in [1.807, 2.05) is 24.5 Å². The van der Waals surface area contributed by atoms with Gasteiger partial charge < -0.3 is 0 Å². The maximum Gasteiger partial charge on any atom is 0.0695 e. The second-order valence-electron chi connectivity index (χ2n) is 8.91. The minimum atomic E-state index is -0.725. The van der Waals surface area contributed by atoms with E-state index in [0.29, 0.717) is 0 Å². The molecule has 0 saturated carbocycles. The van der Waals surface area contributed by atoms with Gasteiger partial charge in [0.05, 0.1) is 10.9 Å². The monoisotopic (exact) mass is 456 g/mol. The predicted molar refractivity (Wildman–Crippen MR) is 142 cm³/mol. The molecule has 0 spiro atoms. The van der Waals surface area contributed by atoms with E-state index in [1.54, 1.807) is 0 Å². The smallest absolute Gasteiger partial charge is 0.0695 e. The van der Waals surface area contributed by atoms with Crippen LogP contribution in [0.3, 0.4) is 0 Å². The topological polar surface area (TPSA) is 25.8 Å². The zero-order valence-electron chi connectivity index (χ0n) is 19.0. The molecular formula is C28H30N2P2. The van der Waals surface area contributed by atoms with Crippen molar-refractivity contribution in [1.82, 2.24) is 9.97 Å². The summed E-state index contributed by atoms with van der Waals surface area (Å²) >= 11 is 0. The van der Waals surface area contributed by atoms with Crippen LogP contribution in [0.1, 0.15) is 37.5 Å². The van der Waals surface area contributed by atoms with Gasteiger partial charge in [0, 0.05) is 26.5 Å². The number of hydrogen-bond donors (Lipinski definition) is 0. The van der Waals surface area contributed by atoms with E-state index in [4.69, 9.17) is 9.97 Å². The molecule has 4 heteroatoms. The molecule has 0 fully saturated rings. The molecule has 4 rings (SSSR count). The third-order valence-electron chi connectivity index (χ3n) is 5.63. The standard InChI is InChI=1S/C28H30N2P2/c1-28(2,3)27-23(21-11-5-4-6-12-21)16-15-22(19-31)24(27)20-32(25-13-7-9-17-29-25)26-14-8-10-18-30-26/h4-18H,19-20,31H2,1-3H3. The average molecular weight is 457 g/mol. The van der Waals surface area contributed by atoms with Crippen LogP contribution in [-0.4, -0.2) is 9.97 Å². The summed E-state index contributed by atoms with van der Waals surface area (Å²) < 4.78 is 0. The molecular weight excluding hydrogens is 426 g/mol. The average Bonchev–Trinajstić information content (AvgIpc) is 2.83. The Morgan fingerprint density at radius 1 is 0.750 bits per heavy atom. The summed E-state index contributed by atoms with van der Waals surface area (Å²) in [5, 5.41) is 0. The quantitative estimate of drug-likeness (QED) is 0.312. The summed E-state index contributed by atoms with van der Waals surface area (Å²) in [6.07, 6.45) is 5.66. The molecule has 4 aromatic rings. The molecule has 0 N–H and O–H groups in total. The zero-order valence-corrected chi connectivity index (χ0v) is 21.0. The van der Waals surface area contributed by atoms with Crippen molar-refractivity contribution in [2.24, 2.45) is 0 Å². The molecule has 0 saturated heterocycles. The van der Waals surface area contributed by atoms with Gasteiger partial charge in [-0.15, -0.1) is 9.24 Å². The molecule has 32 heavy (non-hydrogen) atoms. The first-order valence-electron chi connectivity index (χ1n) is 11.0. The molecule has 0 aliphatic rings. The summed E-state index contributed by atoms with van der Waals surface area (Å²) in [5.74, 6) is 0.